The van der Waals surface area contributed by atoms with Crippen LogP contribution in [0, 0.1) is 12.8 Å². The second kappa shape index (κ2) is 7.27. The van der Waals surface area contributed by atoms with Crippen LogP contribution in [0.3, 0.4) is 0 Å². The Hall–Kier alpha value is -1.66. The number of carbonyl (C=O) groups excluding carboxylic acids is 2. The molecule has 0 aliphatic carbocycles. The first kappa shape index (κ1) is 17.7. The van der Waals surface area contributed by atoms with Crippen molar-refractivity contribution in [3.63, 3.8) is 0 Å². The molecule has 0 bridgehead atoms. The van der Waals surface area contributed by atoms with E-state index in [9.17, 15) is 14.7 Å². The fraction of sp³-hybridized carbons (Fsp3) is 0.529. The summed E-state index contributed by atoms with van der Waals surface area (Å²) >= 11 is 1.50. The number of aliphatic hydroxyl groups excluding tert-OH is 1. The molecule has 6 heteroatoms. The molecule has 1 unspecified atom stereocenters. The number of aryl methyl sites for hydroxylation is 1. The minimum Gasteiger partial charge on any atom is -0.503 e. The first-order chi connectivity index (χ1) is 10.9. The zero-order chi connectivity index (χ0) is 17.1. The van der Waals surface area contributed by atoms with E-state index in [0.717, 1.165) is 10.4 Å². The zero-order valence-electron chi connectivity index (χ0n) is 14.0. The number of amides is 1. The van der Waals surface area contributed by atoms with Gasteiger partial charge in [0, 0.05) is 25.0 Å². The summed E-state index contributed by atoms with van der Waals surface area (Å²) in [6.07, 6.45) is 0.311. The molecule has 1 aromatic heterocycles. The maximum Gasteiger partial charge on any atom is 0.290 e. The molecule has 0 saturated heterocycles. The molecule has 1 aromatic rings. The Morgan fingerprint density at radius 3 is 2.70 bits per heavy atom. The number of aliphatic hydroxyl groups is 1. The number of hydrogen-bond donors (Lipinski definition) is 1. The summed E-state index contributed by atoms with van der Waals surface area (Å²) in [6.45, 7) is 6.52. The number of Topliss-reactive ketones (excluding diaryl/α,β-unsaturated/α-hetero) is 1. The Bertz CT molecular complexity index is 632. The largest absolute Gasteiger partial charge is 0.503 e. The third kappa shape index (κ3) is 3.48. The highest BCUT2D eigenvalue weighted by molar-refractivity contribution is 7.10. The lowest BCUT2D eigenvalue weighted by molar-refractivity contribution is -0.130. The van der Waals surface area contributed by atoms with Crippen LogP contribution in [0.5, 0.6) is 0 Å². The second-order valence-corrected chi connectivity index (χ2v) is 7.09. The predicted molar refractivity (Wildman–Crippen MR) is 89.5 cm³/mol. The number of rotatable bonds is 7. The molecule has 2 rings (SSSR count). The van der Waals surface area contributed by atoms with Gasteiger partial charge in [0.15, 0.2) is 11.5 Å². The maximum absolute atomic E-state index is 12.6. The van der Waals surface area contributed by atoms with Gasteiger partial charge in [-0.05, 0) is 29.9 Å². The van der Waals surface area contributed by atoms with Crippen LogP contribution in [0.1, 0.15) is 36.8 Å². The van der Waals surface area contributed by atoms with Crippen LogP contribution in [0.2, 0.25) is 0 Å². The Kier molecular flexibility index (Phi) is 5.59. The lowest BCUT2D eigenvalue weighted by Crippen LogP contribution is -2.33. The van der Waals surface area contributed by atoms with E-state index in [0.29, 0.717) is 19.6 Å². The molecule has 126 valence electrons. The van der Waals surface area contributed by atoms with E-state index in [-0.39, 0.29) is 17.3 Å². The van der Waals surface area contributed by atoms with Gasteiger partial charge in [-0.3, -0.25) is 9.59 Å². The predicted octanol–water partition coefficient (Wildman–Crippen LogP) is 3.01. The summed E-state index contributed by atoms with van der Waals surface area (Å²) in [4.78, 5) is 27.5. The average molecular weight is 337 g/mol. The van der Waals surface area contributed by atoms with Gasteiger partial charge in [-0.25, -0.2) is 0 Å². The summed E-state index contributed by atoms with van der Waals surface area (Å²) in [6, 6.07) is 1.45. The third-order valence-electron chi connectivity index (χ3n) is 3.88. The Morgan fingerprint density at radius 2 is 2.17 bits per heavy atom. The zero-order valence-corrected chi connectivity index (χ0v) is 14.8. The van der Waals surface area contributed by atoms with E-state index in [1.807, 2.05) is 32.2 Å². The van der Waals surface area contributed by atoms with E-state index in [1.54, 1.807) is 7.11 Å². The normalized spacial score (nSPS) is 18.4. The number of thiophene rings is 1. The van der Waals surface area contributed by atoms with Crippen LogP contribution in [0.25, 0.3) is 0 Å². The average Bonchev–Trinajstić information content (AvgIpc) is 2.99. The summed E-state index contributed by atoms with van der Waals surface area (Å²) in [5.74, 6) is -0.906. The molecule has 0 spiro atoms. The smallest absolute Gasteiger partial charge is 0.290 e. The summed E-state index contributed by atoms with van der Waals surface area (Å²) in [5.41, 5.74) is 1.24. The van der Waals surface area contributed by atoms with Gasteiger partial charge in [0.05, 0.1) is 18.2 Å². The van der Waals surface area contributed by atoms with Crippen molar-refractivity contribution in [3.8, 4) is 0 Å². The van der Waals surface area contributed by atoms with Crippen molar-refractivity contribution in [2.75, 3.05) is 20.3 Å². The van der Waals surface area contributed by atoms with Crippen molar-refractivity contribution in [3.05, 3.63) is 33.2 Å². The number of hydrogen-bond acceptors (Lipinski definition) is 5. The number of ketones is 1. The molecule has 0 saturated carbocycles. The number of nitrogens with zero attached hydrogens (tertiary/aromatic N) is 1. The van der Waals surface area contributed by atoms with Gasteiger partial charge >= 0.3 is 0 Å². The molecule has 1 atom stereocenters. The minimum atomic E-state index is -0.510. The third-order valence-corrected chi connectivity index (χ3v) is 4.96. The van der Waals surface area contributed by atoms with Crippen LogP contribution < -0.4 is 0 Å². The molecule has 1 amide bonds. The molecule has 0 radical (unpaired) electrons. The Labute approximate surface area is 140 Å². The van der Waals surface area contributed by atoms with E-state index >= 15 is 0 Å². The summed E-state index contributed by atoms with van der Waals surface area (Å²) in [7, 11) is 1.56. The van der Waals surface area contributed by atoms with Crippen molar-refractivity contribution in [2.45, 2.75) is 33.2 Å². The SMILES string of the molecule is COCCN1C(=O)C(O)=C(C(=O)CC(C)C)C1c1sccc1C. The lowest BCUT2D eigenvalue weighted by Gasteiger charge is -2.26. The maximum atomic E-state index is 12.6. The van der Waals surface area contributed by atoms with Crippen molar-refractivity contribution in [1.82, 2.24) is 4.90 Å². The fourth-order valence-electron chi connectivity index (χ4n) is 2.78. The summed E-state index contributed by atoms with van der Waals surface area (Å²) in [5, 5.41) is 12.2. The van der Waals surface area contributed by atoms with Gasteiger partial charge in [-0.2, -0.15) is 0 Å². The number of ether oxygens (including phenoxy) is 1. The topological polar surface area (TPSA) is 66.8 Å². The van der Waals surface area contributed by atoms with Crippen molar-refractivity contribution < 1.29 is 19.4 Å². The van der Waals surface area contributed by atoms with Gasteiger partial charge in [0.25, 0.3) is 5.91 Å². The van der Waals surface area contributed by atoms with E-state index < -0.39 is 17.7 Å². The van der Waals surface area contributed by atoms with Gasteiger partial charge in [-0.1, -0.05) is 13.8 Å². The van der Waals surface area contributed by atoms with Crippen LogP contribution >= 0.6 is 11.3 Å². The van der Waals surface area contributed by atoms with E-state index in [2.05, 4.69) is 0 Å². The highest BCUT2D eigenvalue weighted by Crippen LogP contribution is 2.41. The lowest BCUT2D eigenvalue weighted by atomic mass is 9.94. The molecule has 1 aliphatic heterocycles. The molecule has 0 aromatic carbocycles. The van der Waals surface area contributed by atoms with Crippen LogP contribution in [0.4, 0.5) is 0 Å². The quantitative estimate of drug-likeness (QED) is 0.830. The van der Waals surface area contributed by atoms with E-state index in [4.69, 9.17) is 4.74 Å². The van der Waals surface area contributed by atoms with Crippen molar-refractivity contribution in [2.24, 2.45) is 5.92 Å². The van der Waals surface area contributed by atoms with Crippen LogP contribution in [0.15, 0.2) is 22.8 Å². The van der Waals surface area contributed by atoms with Crippen LogP contribution in [-0.2, 0) is 14.3 Å². The molecule has 1 N–H and O–H groups in total. The Morgan fingerprint density at radius 1 is 1.48 bits per heavy atom. The molecular weight excluding hydrogens is 314 g/mol. The standard InChI is InChI=1S/C17H23NO4S/c1-10(2)9-12(19)13-14(16-11(3)5-8-23-16)18(6-7-22-4)17(21)15(13)20/h5,8,10,14,20H,6-7,9H2,1-4H3. The summed E-state index contributed by atoms with van der Waals surface area (Å²) < 4.78 is 5.07. The van der Waals surface area contributed by atoms with Gasteiger partial charge in [-0.15, -0.1) is 11.3 Å². The van der Waals surface area contributed by atoms with E-state index in [1.165, 1.54) is 16.2 Å². The molecule has 5 nitrogen and oxygen atoms in total. The molecule has 0 fully saturated rings. The minimum absolute atomic E-state index is 0.163. The molecule has 1 aliphatic rings. The molecular formula is C17H23NO4S. The van der Waals surface area contributed by atoms with Crippen molar-refractivity contribution >= 4 is 23.0 Å². The van der Waals surface area contributed by atoms with Crippen LogP contribution in [-0.4, -0.2) is 42.0 Å². The first-order valence-electron chi connectivity index (χ1n) is 7.68. The van der Waals surface area contributed by atoms with Gasteiger partial charge in [0.2, 0.25) is 0 Å². The number of carbonyl (C=O) groups is 2. The van der Waals surface area contributed by atoms with Gasteiger partial charge < -0.3 is 14.7 Å². The molecule has 23 heavy (non-hydrogen) atoms. The molecule has 2 heterocycles. The first-order valence-corrected chi connectivity index (χ1v) is 8.56. The monoisotopic (exact) mass is 337 g/mol. The highest BCUT2D eigenvalue weighted by Gasteiger charge is 2.44. The Balaban J connectivity index is 2.45. The van der Waals surface area contributed by atoms with Crippen molar-refractivity contribution in [1.29, 1.82) is 0 Å². The fourth-order valence-corrected chi connectivity index (χ4v) is 3.82. The second-order valence-electron chi connectivity index (χ2n) is 6.15. The number of methoxy groups -OCH3 is 1. The van der Waals surface area contributed by atoms with Gasteiger partial charge in [0.1, 0.15) is 0 Å². The highest BCUT2D eigenvalue weighted by atomic mass is 32.1.